The van der Waals surface area contributed by atoms with Crippen LogP contribution < -0.4 is 4.74 Å². The molecule has 0 aromatic heterocycles. The first-order valence-electron chi connectivity index (χ1n) is 9.66. The summed E-state index contributed by atoms with van der Waals surface area (Å²) < 4.78 is 5.62. The van der Waals surface area contributed by atoms with Crippen LogP contribution in [0.4, 0.5) is 0 Å². The van der Waals surface area contributed by atoms with Crippen LogP contribution in [0.2, 0.25) is 0 Å². The molecule has 25 heavy (non-hydrogen) atoms. The van der Waals surface area contributed by atoms with E-state index in [0.29, 0.717) is 13.2 Å². The van der Waals surface area contributed by atoms with Gasteiger partial charge in [0.25, 0.3) is 0 Å². The molecule has 0 unspecified atom stereocenters. The lowest BCUT2D eigenvalue weighted by molar-refractivity contribution is -0.0387. The fourth-order valence-electron chi connectivity index (χ4n) is 3.97. The average Bonchev–Trinajstić information content (AvgIpc) is 2.63. The highest BCUT2D eigenvalue weighted by molar-refractivity contribution is 5.20. The van der Waals surface area contributed by atoms with Crippen LogP contribution >= 0.6 is 0 Å². The molecule has 0 radical (unpaired) electrons. The Balaban J connectivity index is 1.34. The van der Waals surface area contributed by atoms with Gasteiger partial charge in [-0.05, 0) is 25.0 Å². The third kappa shape index (κ3) is 5.96. The van der Waals surface area contributed by atoms with Crippen LogP contribution in [0.3, 0.4) is 0 Å². The Hall–Kier alpha value is -1.14. The molecule has 1 atom stereocenters. The number of rotatable bonds is 7. The summed E-state index contributed by atoms with van der Waals surface area (Å²) in [5.74, 6) is 0.798. The number of nitrogens with zero attached hydrogens (tertiary/aromatic N) is 2. The molecule has 5 heteroatoms. The van der Waals surface area contributed by atoms with Gasteiger partial charge in [0, 0.05) is 39.3 Å². The van der Waals surface area contributed by atoms with Gasteiger partial charge < -0.3 is 14.9 Å². The van der Waals surface area contributed by atoms with Crippen molar-refractivity contribution in [3.05, 3.63) is 30.3 Å². The first kappa shape index (κ1) is 18.6. The van der Waals surface area contributed by atoms with Crippen molar-refractivity contribution < 1.29 is 14.9 Å². The molecule has 1 aromatic rings. The molecular weight excluding hydrogens is 316 g/mol. The minimum Gasteiger partial charge on any atom is -0.491 e. The molecule has 0 bridgehead atoms. The number of aliphatic hydroxyl groups is 2. The second-order valence-corrected chi connectivity index (χ2v) is 7.64. The van der Waals surface area contributed by atoms with Crippen LogP contribution in [0.1, 0.15) is 32.1 Å². The molecule has 0 spiro atoms. The van der Waals surface area contributed by atoms with Crippen LogP contribution in [0, 0.1) is 0 Å². The number of hydrogen-bond donors (Lipinski definition) is 2. The van der Waals surface area contributed by atoms with Crippen molar-refractivity contribution in [2.45, 2.75) is 43.8 Å². The molecular formula is C20H32N2O3. The molecule has 1 heterocycles. The van der Waals surface area contributed by atoms with E-state index in [2.05, 4.69) is 9.80 Å². The van der Waals surface area contributed by atoms with E-state index in [1.54, 1.807) is 0 Å². The van der Waals surface area contributed by atoms with Gasteiger partial charge >= 0.3 is 0 Å². The largest absolute Gasteiger partial charge is 0.491 e. The van der Waals surface area contributed by atoms with Crippen molar-refractivity contribution in [2.75, 3.05) is 45.9 Å². The highest BCUT2D eigenvalue weighted by Crippen LogP contribution is 2.29. The lowest BCUT2D eigenvalue weighted by Crippen LogP contribution is -2.53. The fraction of sp³-hybridized carbons (Fsp3) is 0.700. The summed E-state index contributed by atoms with van der Waals surface area (Å²) >= 11 is 0. The van der Waals surface area contributed by atoms with Gasteiger partial charge in [-0.1, -0.05) is 37.5 Å². The molecule has 140 valence electrons. The van der Waals surface area contributed by atoms with Gasteiger partial charge in [-0.3, -0.25) is 9.80 Å². The summed E-state index contributed by atoms with van der Waals surface area (Å²) in [6, 6.07) is 9.62. The minimum absolute atomic E-state index is 0.323. The summed E-state index contributed by atoms with van der Waals surface area (Å²) in [4.78, 5) is 4.68. The molecule has 1 aromatic carbocycles. The van der Waals surface area contributed by atoms with Crippen LogP contribution in [-0.2, 0) is 0 Å². The minimum atomic E-state index is -0.478. The van der Waals surface area contributed by atoms with E-state index in [9.17, 15) is 10.2 Å². The van der Waals surface area contributed by atoms with E-state index in [4.69, 9.17) is 4.74 Å². The van der Waals surface area contributed by atoms with E-state index in [-0.39, 0.29) is 0 Å². The molecule has 1 saturated carbocycles. The van der Waals surface area contributed by atoms with Crippen molar-refractivity contribution in [2.24, 2.45) is 0 Å². The number of piperazine rings is 1. The number of β-amino-alcohol motifs (C(OH)–C–C–N with tert-alkyl or cyclic N) is 2. The Morgan fingerprint density at radius 3 is 2.28 bits per heavy atom. The number of hydrogen-bond acceptors (Lipinski definition) is 5. The van der Waals surface area contributed by atoms with Gasteiger partial charge in [0.1, 0.15) is 18.5 Å². The van der Waals surface area contributed by atoms with Crippen molar-refractivity contribution in [3.63, 3.8) is 0 Å². The third-order valence-corrected chi connectivity index (χ3v) is 5.42. The quantitative estimate of drug-likeness (QED) is 0.786. The molecule has 5 nitrogen and oxygen atoms in total. The van der Waals surface area contributed by atoms with Crippen molar-refractivity contribution in [1.82, 2.24) is 9.80 Å². The molecule has 2 N–H and O–H groups in total. The van der Waals surface area contributed by atoms with Gasteiger partial charge in [-0.2, -0.15) is 0 Å². The van der Waals surface area contributed by atoms with Gasteiger partial charge in [-0.25, -0.2) is 0 Å². The van der Waals surface area contributed by atoms with Gasteiger partial charge in [0.05, 0.1) is 5.60 Å². The predicted molar refractivity (Wildman–Crippen MR) is 98.9 cm³/mol. The molecule has 1 aliphatic carbocycles. The highest BCUT2D eigenvalue weighted by Gasteiger charge is 2.32. The lowest BCUT2D eigenvalue weighted by Gasteiger charge is -2.41. The summed E-state index contributed by atoms with van der Waals surface area (Å²) in [5, 5.41) is 20.9. The molecule has 0 amide bonds. The van der Waals surface area contributed by atoms with Crippen LogP contribution in [-0.4, -0.2) is 77.6 Å². The zero-order valence-corrected chi connectivity index (χ0v) is 15.1. The molecule has 1 saturated heterocycles. The maximum absolute atomic E-state index is 10.7. The Bertz CT molecular complexity index is 497. The van der Waals surface area contributed by atoms with Gasteiger partial charge in [0.15, 0.2) is 0 Å². The van der Waals surface area contributed by atoms with Crippen molar-refractivity contribution >= 4 is 0 Å². The summed E-state index contributed by atoms with van der Waals surface area (Å²) in [6.45, 7) is 5.59. The zero-order chi connectivity index (χ0) is 17.5. The summed E-state index contributed by atoms with van der Waals surface area (Å²) in [7, 11) is 0. The van der Waals surface area contributed by atoms with Crippen LogP contribution in [0.15, 0.2) is 30.3 Å². The first-order valence-corrected chi connectivity index (χ1v) is 9.66. The normalized spacial score (nSPS) is 23.3. The lowest BCUT2D eigenvalue weighted by atomic mass is 9.84. The predicted octanol–water partition coefficient (Wildman–Crippen LogP) is 1.74. The van der Waals surface area contributed by atoms with Gasteiger partial charge in [-0.15, -0.1) is 0 Å². The topological polar surface area (TPSA) is 56.2 Å². The molecule has 2 fully saturated rings. The Morgan fingerprint density at radius 2 is 1.60 bits per heavy atom. The second-order valence-electron chi connectivity index (χ2n) is 7.64. The van der Waals surface area contributed by atoms with E-state index in [1.807, 2.05) is 30.3 Å². The zero-order valence-electron chi connectivity index (χ0n) is 15.1. The van der Waals surface area contributed by atoms with Crippen molar-refractivity contribution in [1.29, 1.82) is 0 Å². The Kier molecular flexibility index (Phi) is 6.70. The van der Waals surface area contributed by atoms with Crippen LogP contribution in [0.25, 0.3) is 0 Å². The van der Waals surface area contributed by atoms with E-state index >= 15 is 0 Å². The number of benzene rings is 1. The summed E-state index contributed by atoms with van der Waals surface area (Å²) in [5.41, 5.74) is -0.469. The van der Waals surface area contributed by atoms with E-state index in [0.717, 1.165) is 64.2 Å². The molecule has 2 aliphatic rings. The molecule has 1 aliphatic heterocycles. The highest BCUT2D eigenvalue weighted by atomic mass is 16.5. The van der Waals surface area contributed by atoms with Gasteiger partial charge in [0.2, 0.25) is 0 Å². The first-order chi connectivity index (χ1) is 12.1. The number of ether oxygens (including phenoxy) is 1. The van der Waals surface area contributed by atoms with Crippen molar-refractivity contribution in [3.8, 4) is 5.75 Å². The maximum atomic E-state index is 10.7. The summed E-state index contributed by atoms with van der Waals surface area (Å²) in [6.07, 6.45) is 4.99. The smallest absolute Gasteiger partial charge is 0.119 e. The van der Waals surface area contributed by atoms with E-state index in [1.165, 1.54) is 6.42 Å². The van der Waals surface area contributed by atoms with E-state index < -0.39 is 11.7 Å². The molecule has 3 rings (SSSR count). The Morgan fingerprint density at radius 1 is 0.960 bits per heavy atom. The maximum Gasteiger partial charge on any atom is 0.119 e. The monoisotopic (exact) mass is 348 g/mol. The Labute approximate surface area is 151 Å². The number of aliphatic hydroxyl groups excluding tert-OH is 1. The third-order valence-electron chi connectivity index (χ3n) is 5.42. The van der Waals surface area contributed by atoms with Crippen LogP contribution in [0.5, 0.6) is 5.75 Å². The number of para-hydroxylation sites is 1. The standard InChI is InChI=1S/C20H32N2O3/c23-18(16-25-19-7-3-1-4-8-19)15-21-11-13-22(14-12-21)17-20(24)9-5-2-6-10-20/h1,3-4,7-8,18,23-24H,2,5-6,9-17H2/t18-/m1/s1. The average molecular weight is 348 g/mol. The fourth-order valence-corrected chi connectivity index (χ4v) is 3.97. The second kappa shape index (κ2) is 8.99. The SMILES string of the molecule is O[C@@H](COc1ccccc1)CN1CCN(CC2(O)CCCCC2)CC1.